The normalized spacial score (nSPS) is 13.2. The highest BCUT2D eigenvalue weighted by atomic mass is 32.2. The van der Waals surface area contributed by atoms with E-state index in [1.54, 1.807) is 19.9 Å². The molecule has 0 rings (SSSR count). The average Bonchev–Trinajstić information content (AvgIpc) is 2.13. The SMILES string of the molecule is CCN(CC(C)C#N)S(=O)(=O)CC#N. The van der Waals surface area contributed by atoms with Crippen LogP contribution in [0.25, 0.3) is 0 Å². The third-order valence-electron chi connectivity index (χ3n) is 1.69. The van der Waals surface area contributed by atoms with E-state index in [1.807, 2.05) is 6.07 Å². The fourth-order valence-corrected chi connectivity index (χ4v) is 2.15. The van der Waals surface area contributed by atoms with Crippen LogP contribution in [-0.2, 0) is 10.0 Å². The molecule has 0 aromatic rings. The van der Waals surface area contributed by atoms with Gasteiger partial charge in [-0.2, -0.15) is 10.5 Å². The summed E-state index contributed by atoms with van der Waals surface area (Å²) in [4.78, 5) is 0. The molecule has 0 heterocycles. The molecule has 0 aromatic carbocycles. The summed E-state index contributed by atoms with van der Waals surface area (Å²) in [5, 5.41) is 16.9. The van der Waals surface area contributed by atoms with Crippen LogP contribution < -0.4 is 0 Å². The molecule has 0 radical (unpaired) electrons. The van der Waals surface area contributed by atoms with Gasteiger partial charge in [-0.05, 0) is 6.92 Å². The molecular formula is C8H13N3O2S. The van der Waals surface area contributed by atoms with Gasteiger partial charge < -0.3 is 0 Å². The molecule has 5 nitrogen and oxygen atoms in total. The number of hydrogen-bond acceptors (Lipinski definition) is 4. The van der Waals surface area contributed by atoms with Gasteiger partial charge in [0.1, 0.15) is 0 Å². The fourth-order valence-electron chi connectivity index (χ4n) is 0.958. The van der Waals surface area contributed by atoms with Crippen molar-refractivity contribution in [2.45, 2.75) is 13.8 Å². The van der Waals surface area contributed by atoms with Crippen LogP contribution in [0.1, 0.15) is 13.8 Å². The summed E-state index contributed by atoms with van der Waals surface area (Å²) in [5.41, 5.74) is 0. The molecule has 0 saturated carbocycles. The summed E-state index contributed by atoms with van der Waals surface area (Å²) >= 11 is 0. The van der Waals surface area contributed by atoms with Gasteiger partial charge in [0.25, 0.3) is 0 Å². The van der Waals surface area contributed by atoms with Gasteiger partial charge in [-0.25, -0.2) is 12.7 Å². The third kappa shape index (κ3) is 3.73. The first-order valence-electron chi connectivity index (χ1n) is 4.22. The maximum absolute atomic E-state index is 11.4. The fraction of sp³-hybridized carbons (Fsp3) is 0.750. The Balaban J connectivity index is 4.60. The third-order valence-corrected chi connectivity index (χ3v) is 3.38. The second-order valence-electron chi connectivity index (χ2n) is 2.90. The van der Waals surface area contributed by atoms with Crippen molar-refractivity contribution < 1.29 is 8.42 Å². The van der Waals surface area contributed by atoms with Crippen molar-refractivity contribution in [3.05, 3.63) is 0 Å². The Bertz CT molecular complexity index is 350. The number of sulfonamides is 1. The van der Waals surface area contributed by atoms with Gasteiger partial charge in [0.15, 0.2) is 5.75 Å². The van der Waals surface area contributed by atoms with Crippen LogP contribution in [0, 0.1) is 28.6 Å². The minimum Gasteiger partial charge on any atom is -0.211 e. The van der Waals surface area contributed by atoms with Crippen molar-refractivity contribution in [2.24, 2.45) is 5.92 Å². The minimum atomic E-state index is -3.51. The second kappa shape index (κ2) is 5.58. The Kier molecular flexibility index (Phi) is 5.14. The summed E-state index contributed by atoms with van der Waals surface area (Å²) in [6, 6.07) is 3.56. The first kappa shape index (κ1) is 12.9. The Morgan fingerprint density at radius 3 is 2.36 bits per heavy atom. The van der Waals surface area contributed by atoms with E-state index in [4.69, 9.17) is 10.5 Å². The van der Waals surface area contributed by atoms with E-state index in [9.17, 15) is 8.42 Å². The summed E-state index contributed by atoms with van der Waals surface area (Å²) < 4.78 is 24.0. The molecule has 14 heavy (non-hydrogen) atoms. The van der Waals surface area contributed by atoms with Gasteiger partial charge in [0.2, 0.25) is 10.0 Å². The summed E-state index contributed by atoms with van der Waals surface area (Å²) in [5.74, 6) is -0.887. The van der Waals surface area contributed by atoms with E-state index in [2.05, 4.69) is 0 Å². The van der Waals surface area contributed by atoms with Gasteiger partial charge in [-0.15, -0.1) is 0 Å². The predicted molar refractivity (Wildman–Crippen MR) is 51.4 cm³/mol. The van der Waals surface area contributed by atoms with E-state index < -0.39 is 15.8 Å². The van der Waals surface area contributed by atoms with Crippen molar-refractivity contribution in [3.63, 3.8) is 0 Å². The van der Waals surface area contributed by atoms with Crippen LogP contribution in [0.4, 0.5) is 0 Å². The number of rotatable bonds is 5. The molecule has 0 spiro atoms. The highest BCUT2D eigenvalue weighted by molar-refractivity contribution is 7.89. The largest absolute Gasteiger partial charge is 0.227 e. The van der Waals surface area contributed by atoms with E-state index in [0.29, 0.717) is 0 Å². The van der Waals surface area contributed by atoms with Crippen molar-refractivity contribution in [1.82, 2.24) is 4.31 Å². The Morgan fingerprint density at radius 2 is 2.00 bits per heavy atom. The maximum Gasteiger partial charge on any atom is 0.227 e. The average molecular weight is 215 g/mol. The number of nitriles is 2. The Labute approximate surface area is 84.6 Å². The molecule has 0 aliphatic rings. The van der Waals surface area contributed by atoms with Crippen LogP contribution >= 0.6 is 0 Å². The molecule has 0 aliphatic carbocycles. The lowest BCUT2D eigenvalue weighted by Gasteiger charge is -2.19. The topological polar surface area (TPSA) is 85.0 Å². The quantitative estimate of drug-likeness (QED) is 0.661. The van der Waals surface area contributed by atoms with Crippen LogP contribution in [0.15, 0.2) is 0 Å². The van der Waals surface area contributed by atoms with E-state index in [-0.39, 0.29) is 19.0 Å². The first-order valence-corrected chi connectivity index (χ1v) is 5.83. The molecule has 0 amide bonds. The Hall–Kier alpha value is -1.11. The molecule has 0 N–H and O–H groups in total. The first-order chi connectivity index (χ1) is 6.47. The van der Waals surface area contributed by atoms with Crippen LogP contribution in [-0.4, -0.2) is 31.6 Å². The van der Waals surface area contributed by atoms with E-state index >= 15 is 0 Å². The number of nitrogens with zero attached hydrogens (tertiary/aromatic N) is 3. The standard InChI is InChI=1S/C8H13N3O2S/c1-3-11(7-8(2)6-10)14(12,13)5-4-9/h8H,3,5,7H2,1-2H3. The molecular weight excluding hydrogens is 202 g/mol. The molecule has 1 unspecified atom stereocenters. The molecule has 0 fully saturated rings. The smallest absolute Gasteiger partial charge is 0.211 e. The lowest BCUT2D eigenvalue weighted by Crippen LogP contribution is -2.35. The molecule has 78 valence electrons. The van der Waals surface area contributed by atoms with Crippen molar-refractivity contribution in [1.29, 1.82) is 10.5 Å². The highest BCUT2D eigenvalue weighted by Crippen LogP contribution is 2.05. The summed E-state index contributed by atoms with van der Waals surface area (Å²) in [6.07, 6.45) is 0. The molecule has 0 aromatic heterocycles. The lowest BCUT2D eigenvalue weighted by molar-refractivity contribution is 0.401. The monoisotopic (exact) mass is 215 g/mol. The molecule has 1 atom stereocenters. The Morgan fingerprint density at radius 1 is 1.43 bits per heavy atom. The van der Waals surface area contributed by atoms with Gasteiger partial charge in [0, 0.05) is 13.1 Å². The van der Waals surface area contributed by atoms with Gasteiger partial charge in [0.05, 0.1) is 18.1 Å². The van der Waals surface area contributed by atoms with E-state index in [1.165, 1.54) is 0 Å². The summed E-state index contributed by atoms with van der Waals surface area (Å²) in [7, 11) is -3.51. The van der Waals surface area contributed by atoms with E-state index in [0.717, 1.165) is 4.31 Å². The molecule has 6 heteroatoms. The zero-order valence-corrected chi connectivity index (χ0v) is 9.08. The number of hydrogen-bond donors (Lipinski definition) is 0. The molecule has 0 bridgehead atoms. The maximum atomic E-state index is 11.4. The zero-order chi connectivity index (χ0) is 11.2. The van der Waals surface area contributed by atoms with Gasteiger partial charge in [-0.1, -0.05) is 6.92 Å². The van der Waals surface area contributed by atoms with Crippen molar-refractivity contribution >= 4 is 10.0 Å². The molecule has 0 saturated heterocycles. The van der Waals surface area contributed by atoms with Crippen molar-refractivity contribution in [3.8, 4) is 12.1 Å². The summed E-state index contributed by atoms with van der Waals surface area (Å²) in [6.45, 7) is 3.76. The predicted octanol–water partition coefficient (Wildman–Crippen LogP) is 0.321. The minimum absolute atomic E-state index is 0.150. The molecule has 0 aliphatic heterocycles. The van der Waals surface area contributed by atoms with Crippen LogP contribution in [0.5, 0.6) is 0 Å². The zero-order valence-electron chi connectivity index (χ0n) is 8.27. The highest BCUT2D eigenvalue weighted by Gasteiger charge is 2.21. The van der Waals surface area contributed by atoms with Gasteiger partial charge in [-0.3, -0.25) is 0 Å². The second-order valence-corrected chi connectivity index (χ2v) is 4.86. The van der Waals surface area contributed by atoms with Crippen LogP contribution in [0.2, 0.25) is 0 Å². The van der Waals surface area contributed by atoms with Crippen molar-refractivity contribution in [2.75, 3.05) is 18.8 Å². The lowest BCUT2D eigenvalue weighted by atomic mass is 10.2. The van der Waals surface area contributed by atoms with Crippen LogP contribution in [0.3, 0.4) is 0 Å². The van der Waals surface area contributed by atoms with Gasteiger partial charge >= 0.3 is 0 Å².